The zero-order chi connectivity index (χ0) is 23.9. The average Bonchev–Trinajstić information content (AvgIpc) is 3.23. The number of aromatic amines is 1. The summed E-state index contributed by atoms with van der Waals surface area (Å²) in [5.74, 6) is 2.14. The molecule has 4 aromatic rings. The summed E-state index contributed by atoms with van der Waals surface area (Å²) in [6, 6.07) is 17.3. The molecule has 178 valence electrons. The number of hydrogen-bond acceptors (Lipinski definition) is 4. The van der Waals surface area contributed by atoms with E-state index in [2.05, 4.69) is 15.3 Å². The quantitative estimate of drug-likeness (QED) is 0.206. The second-order valence-electron chi connectivity index (χ2n) is 7.86. The van der Waals surface area contributed by atoms with Crippen LogP contribution >= 0.6 is 34.8 Å². The van der Waals surface area contributed by atoms with Gasteiger partial charge in [-0.1, -0.05) is 53.0 Å². The number of nitrogens with zero attached hydrogens (tertiary/aromatic N) is 1. The number of imidazole rings is 1. The van der Waals surface area contributed by atoms with E-state index in [1.807, 2.05) is 49.4 Å². The zero-order valence-electron chi connectivity index (χ0n) is 18.8. The van der Waals surface area contributed by atoms with Crippen LogP contribution in [0.4, 0.5) is 0 Å². The molecule has 1 heterocycles. The largest absolute Gasteiger partial charge is 0.490 e. The second-order valence-corrected chi connectivity index (χ2v) is 9.08. The molecule has 0 bridgehead atoms. The Labute approximate surface area is 214 Å². The summed E-state index contributed by atoms with van der Waals surface area (Å²) in [6.07, 6.45) is 1.85. The van der Waals surface area contributed by atoms with E-state index in [-0.39, 0.29) is 0 Å². The monoisotopic (exact) mass is 517 g/mol. The van der Waals surface area contributed by atoms with Crippen molar-refractivity contribution >= 4 is 45.8 Å². The van der Waals surface area contributed by atoms with Crippen LogP contribution in [0.25, 0.3) is 11.0 Å². The number of halogens is 3. The van der Waals surface area contributed by atoms with Crippen molar-refractivity contribution in [3.05, 3.63) is 86.6 Å². The lowest BCUT2D eigenvalue weighted by Crippen LogP contribution is -2.15. The molecule has 0 unspecified atom stereocenters. The topological polar surface area (TPSA) is 59.2 Å². The Morgan fingerprint density at radius 1 is 0.912 bits per heavy atom. The molecule has 0 amide bonds. The maximum atomic E-state index is 6.56. The summed E-state index contributed by atoms with van der Waals surface area (Å²) in [5, 5.41) is 4.97. The highest BCUT2D eigenvalue weighted by Gasteiger charge is 2.13. The minimum Gasteiger partial charge on any atom is -0.490 e. The summed E-state index contributed by atoms with van der Waals surface area (Å²) >= 11 is 18.7. The van der Waals surface area contributed by atoms with E-state index in [4.69, 9.17) is 44.3 Å². The summed E-state index contributed by atoms with van der Waals surface area (Å²) in [5.41, 5.74) is 4.00. The first-order valence-corrected chi connectivity index (χ1v) is 12.3. The van der Waals surface area contributed by atoms with Gasteiger partial charge in [0, 0.05) is 13.0 Å². The molecule has 0 aliphatic heterocycles. The Kier molecular flexibility index (Phi) is 8.57. The van der Waals surface area contributed by atoms with Gasteiger partial charge < -0.3 is 19.8 Å². The van der Waals surface area contributed by atoms with Gasteiger partial charge in [-0.3, -0.25) is 0 Å². The number of aromatic nitrogens is 2. The number of fused-ring (bicyclic) bond motifs is 1. The number of ether oxygens (including phenoxy) is 2. The molecular formula is C26H26Cl3N3O2. The molecule has 0 saturated heterocycles. The van der Waals surface area contributed by atoms with Crippen LogP contribution in [0.5, 0.6) is 11.5 Å². The summed E-state index contributed by atoms with van der Waals surface area (Å²) < 4.78 is 11.8. The van der Waals surface area contributed by atoms with E-state index in [1.54, 1.807) is 12.1 Å². The Hall–Kier alpha value is -2.44. The van der Waals surface area contributed by atoms with Crippen LogP contribution in [0, 0.1) is 0 Å². The number of benzene rings is 3. The van der Waals surface area contributed by atoms with E-state index in [1.165, 1.54) is 0 Å². The van der Waals surface area contributed by atoms with Gasteiger partial charge in [0.1, 0.15) is 12.4 Å². The molecule has 0 spiro atoms. The third-order valence-corrected chi connectivity index (χ3v) is 6.29. The van der Waals surface area contributed by atoms with Crippen LogP contribution in [-0.2, 0) is 19.6 Å². The molecule has 1 aromatic heterocycles. The number of H-pyrrole nitrogens is 1. The van der Waals surface area contributed by atoms with E-state index < -0.39 is 0 Å². The van der Waals surface area contributed by atoms with Crippen LogP contribution in [0.15, 0.2) is 54.6 Å². The second kappa shape index (κ2) is 11.8. The fourth-order valence-electron chi connectivity index (χ4n) is 3.65. The molecule has 0 radical (unpaired) electrons. The highest BCUT2D eigenvalue weighted by molar-refractivity contribution is 6.42. The van der Waals surface area contributed by atoms with Gasteiger partial charge in [0.15, 0.2) is 11.5 Å². The Morgan fingerprint density at radius 3 is 2.53 bits per heavy atom. The number of aryl methyl sites for hydroxylation is 1. The smallest absolute Gasteiger partial charge is 0.180 e. The molecule has 3 aromatic carbocycles. The third-order valence-electron chi connectivity index (χ3n) is 5.27. The first kappa shape index (κ1) is 24.7. The van der Waals surface area contributed by atoms with Gasteiger partial charge in [-0.15, -0.1) is 0 Å². The average molecular weight is 519 g/mol. The number of para-hydroxylation sites is 2. The molecule has 2 N–H and O–H groups in total. The van der Waals surface area contributed by atoms with Gasteiger partial charge in [-0.2, -0.15) is 0 Å². The number of nitrogens with one attached hydrogen (secondary N) is 2. The SMILES string of the molecule is CCOc1cc(CNCCCc2nc3ccccc3[nH]2)cc(Cl)c1OCc1ccc(Cl)c(Cl)c1. The molecule has 0 saturated carbocycles. The Morgan fingerprint density at radius 2 is 1.74 bits per heavy atom. The molecule has 0 aliphatic carbocycles. The normalized spacial score (nSPS) is 11.2. The van der Waals surface area contributed by atoms with Gasteiger partial charge in [0.2, 0.25) is 0 Å². The van der Waals surface area contributed by atoms with Gasteiger partial charge in [-0.05, 0) is 67.4 Å². The fraction of sp³-hybridized carbons (Fsp3) is 0.269. The highest BCUT2D eigenvalue weighted by atomic mass is 35.5. The van der Waals surface area contributed by atoms with Crippen molar-refractivity contribution in [3.8, 4) is 11.5 Å². The zero-order valence-corrected chi connectivity index (χ0v) is 21.1. The van der Waals surface area contributed by atoms with Gasteiger partial charge >= 0.3 is 0 Å². The lowest BCUT2D eigenvalue weighted by Gasteiger charge is -2.16. The number of rotatable bonds is 11. The fourth-order valence-corrected chi connectivity index (χ4v) is 4.26. The van der Waals surface area contributed by atoms with Crippen LogP contribution < -0.4 is 14.8 Å². The molecule has 5 nitrogen and oxygen atoms in total. The van der Waals surface area contributed by atoms with Crippen molar-refractivity contribution in [2.24, 2.45) is 0 Å². The minimum absolute atomic E-state index is 0.302. The maximum Gasteiger partial charge on any atom is 0.180 e. The highest BCUT2D eigenvalue weighted by Crippen LogP contribution is 2.37. The third kappa shape index (κ3) is 6.36. The number of hydrogen-bond donors (Lipinski definition) is 2. The Balaban J connectivity index is 1.32. The summed E-state index contributed by atoms with van der Waals surface area (Å²) in [6.45, 7) is 4.27. The standard InChI is InChI=1S/C26H26Cl3N3O2/c1-2-33-24-14-18(13-21(29)26(24)34-16-17-9-10-19(27)20(28)12-17)15-30-11-5-8-25-31-22-6-3-4-7-23(22)32-25/h3-4,6-7,9-10,12-14,30H,2,5,8,11,15-16H2,1H3,(H,31,32). The molecule has 0 atom stereocenters. The van der Waals surface area contributed by atoms with Crippen molar-refractivity contribution in [2.75, 3.05) is 13.2 Å². The Bertz CT molecular complexity index is 1230. The van der Waals surface area contributed by atoms with Crippen molar-refractivity contribution in [2.45, 2.75) is 32.9 Å². The molecule has 8 heteroatoms. The molecule has 0 aliphatic rings. The van der Waals surface area contributed by atoms with Crippen LogP contribution in [0.2, 0.25) is 15.1 Å². The predicted octanol–water partition coefficient (Wildman–Crippen LogP) is 7.22. The summed E-state index contributed by atoms with van der Waals surface area (Å²) in [7, 11) is 0. The lowest BCUT2D eigenvalue weighted by atomic mass is 10.2. The van der Waals surface area contributed by atoms with Crippen molar-refractivity contribution < 1.29 is 9.47 Å². The van der Waals surface area contributed by atoms with E-state index >= 15 is 0 Å². The van der Waals surface area contributed by atoms with Gasteiger partial charge in [0.25, 0.3) is 0 Å². The van der Waals surface area contributed by atoms with Crippen molar-refractivity contribution in [1.29, 1.82) is 0 Å². The van der Waals surface area contributed by atoms with Gasteiger partial charge in [0.05, 0.1) is 32.7 Å². The van der Waals surface area contributed by atoms with Crippen LogP contribution in [-0.4, -0.2) is 23.1 Å². The predicted molar refractivity (Wildman–Crippen MR) is 140 cm³/mol. The molecule has 0 fully saturated rings. The van der Waals surface area contributed by atoms with Gasteiger partial charge in [-0.25, -0.2) is 4.98 Å². The van der Waals surface area contributed by atoms with E-state index in [9.17, 15) is 0 Å². The van der Waals surface area contributed by atoms with E-state index in [0.29, 0.717) is 46.3 Å². The lowest BCUT2D eigenvalue weighted by molar-refractivity contribution is 0.269. The first-order valence-electron chi connectivity index (χ1n) is 11.2. The van der Waals surface area contributed by atoms with Crippen molar-refractivity contribution in [3.63, 3.8) is 0 Å². The molecule has 34 heavy (non-hydrogen) atoms. The minimum atomic E-state index is 0.302. The molecule has 4 rings (SSSR count). The molecular weight excluding hydrogens is 493 g/mol. The first-order chi connectivity index (χ1) is 16.5. The van der Waals surface area contributed by atoms with Crippen LogP contribution in [0.1, 0.15) is 30.3 Å². The summed E-state index contributed by atoms with van der Waals surface area (Å²) in [4.78, 5) is 7.99. The van der Waals surface area contributed by atoms with Crippen LogP contribution in [0.3, 0.4) is 0 Å². The maximum absolute atomic E-state index is 6.56. The van der Waals surface area contributed by atoms with E-state index in [0.717, 1.165) is 47.4 Å². The van der Waals surface area contributed by atoms with Crippen molar-refractivity contribution in [1.82, 2.24) is 15.3 Å².